The minimum absolute atomic E-state index is 0.0170. The topological polar surface area (TPSA) is 86.1 Å². The van der Waals surface area contributed by atoms with Crippen molar-refractivity contribution in [3.05, 3.63) is 29.5 Å². The van der Waals surface area contributed by atoms with E-state index < -0.39 is 5.60 Å². The van der Waals surface area contributed by atoms with Gasteiger partial charge in [0, 0.05) is 26.7 Å². The third-order valence-electron chi connectivity index (χ3n) is 5.68. The molecule has 0 aliphatic carbocycles. The van der Waals surface area contributed by atoms with Crippen molar-refractivity contribution in [2.45, 2.75) is 25.4 Å². The summed E-state index contributed by atoms with van der Waals surface area (Å²) in [7, 11) is 1.78. The van der Waals surface area contributed by atoms with Crippen LogP contribution in [0.15, 0.2) is 18.2 Å². The molecule has 9 nitrogen and oxygen atoms in total. The summed E-state index contributed by atoms with van der Waals surface area (Å²) in [6.45, 7) is 5.47. The Hall–Kier alpha value is -2.55. The Morgan fingerprint density at radius 2 is 1.86 bits per heavy atom. The van der Waals surface area contributed by atoms with Crippen molar-refractivity contribution in [3.63, 3.8) is 0 Å². The van der Waals surface area contributed by atoms with Gasteiger partial charge in [0.05, 0.1) is 24.9 Å². The van der Waals surface area contributed by atoms with Gasteiger partial charge in [-0.1, -0.05) is 0 Å². The number of morpholine rings is 1. The molecule has 152 valence electrons. The molecule has 2 fully saturated rings. The molecule has 3 aliphatic heterocycles. The highest BCUT2D eigenvalue weighted by molar-refractivity contribution is 5.94. The van der Waals surface area contributed by atoms with Gasteiger partial charge in [0.15, 0.2) is 0 Å². The predicted octanol–water partition coefficient (Wildman–Crippen LogP) is 0.450. The molecule has 0 bridgehead atoms. The molecule has 1 aromatic rings. The normalized spacial score (nSPS) is 21.7. The fourth-order valence-electron chi connectivity index (χ4n) is 4.08. The lowest BCUT2D eigenvalue weighted by molar-refractivity contribution is -0.147. The molecule has 2 amide bonds. The summed E-state index contributed by atoms with van der Waals surface area (Å²) in [4.78, 5) is 29.2. The van der Waals surface area contributed by atoms with Gasteiger partial charge in [-0.2, -0.15) is 5.10 Å². The summed E-state index contributed by atoms with van der Waals surface area (Å²) in [5, 5.41) is 4.18. The number of aromatic nitrogens is 2. The average molecular weight is 390 g/mol. The molecule has 1 spiro atoms. The molecule has 0 unspecified atom stereocenters. The van der Waals surface area contributed by atoms with Gasteiger partial charge in [0.2, 0.25) is 5.76 Å². The van der Waals surface area contributed by atoms with Crippen LogP contribution in [0.5, 0.6) is 0 Å². The second kappa shape index (κ2) is 7.46. The Morgan fingerprint density at radius 3 is 2.50 bits per heavy atom. The minimum atomic E-state index is -0.407. The van der Waals surface area contributed by atoms with E-state index in [1.807, 2.05) is 11.8 Å². The average Bonchev–Trinajstić information content (AvgIpc) is 3.06. The molecule has 2 saturated heterocycles. The summed E-state index contributed by atoms with van der Waals surface area (Å²) in [5.74, 6) is 0.0932. The summed E-state index contributed by atoms with van der Waals surface area (Å²) in [6, 6.07) is 0. The van der Waals surface area contributed by atoms with Crippen LogP contribution in [-0.4, -0.2) is 83.0 Å². The molecule has 1 aromatic heterocycles. The molecule has 28 heavy (non-hydrogen) atoms. The number of piperidine rings is 1. The number of hydrogen-bond donors (Lipinski definition) is 0. The monoisotopic (exact) mass is 390 g/mol. The van der Waals surface area contributed by atoms with Crippen molar-refractivity contribution in [1.29, 1.82) is 0 Å². The number of aryl methyl sites for hydroxylation is 2. The van der Waals surface area contributed by atoms with Gasteiger partial charge in [-0.15, -0.1) is 0 Å². The van der Waals surface area contributed by atoms with Crippen LogP contribution < -0.4 is 0 Å². The van der Waals surface area contributed by atoms with E-state index in [0.717, 1.165) is 5.56 Å². The first kappa shape index (κ1) is 18.8. The van der Waals surface area contributed by atoms with Crippen LogP contribution in [0.2, 0.25) is 0 Å². The second-order valence-corrected chi connectivity index (χ2v) is 7.55. The number of ether oxygens (including phenoxy) is 3. The van der Waals surface area contributed by atoms with Crippen molar-refractivity contribution in [2.24, 2.45) is 7.05 Å². The van der Waals surface area contributed by atoms with Crippen LogP contribution in [0.25, 0.3) is 0 Å². The molecule has 0 atom stereocenters. The van der Waals surface area contributed by atoms with E-state index in [1.165, 1.54) is 6.26 Å². The Bertz CT molecular complexity index is 775. The lowest BCUT2D eigenvalue weighted by atomic mass is 9.89. The molecule has 4 heterocycles. The second-order valence-electron chi connectivity index (χ2n) is 7.55. The molecule has 4 rings (SSSR count). The zero-order valence-electron chi connectivity index (χ0n) is 16.3. The van der Waals surface area contributed by atoms with Gasteiger partial charge in [-0.25, -0.2) is 0 Å². The number of hydrogen-bond acceptors (Lipinski definition) is 6. The van der Waals surface area contributed by atoms with Crippen LogP contribution in [-0.2, 0) is 26.1 Å². The van der Waals surface area contributed by atoms with E-state index in [9.17, 15) is 9.59 Å². The first-order chi connectivity index (χ1) is 13.5. The van der Waals surface area contributed by atoms with Gasteiger partial charge in [0.25, 0.3) is 11.8 Å². The van der Waals surface area contributed by atoms with Crippen molar-refractivity contribution >= 4 is 11.8 Å². The van der Waals surface area contributed by atoms with Crippen LogP contribution in [0.4, 0.5) is 0 Å². The molecule has 0 saturated carbocycles. The van der Waals surface area contributed by atoms with Crippen LogP contribution in [0.3, 0.4) is 0 Å². The predicted molar refractivity (Wildman–Crippen MR) is 98.3 cm³/mol. The standard InChI is InChI=1S/C19H26N4O5/c1-14-11-20-21(2)16(14)18(25)23-7-8-28-19(13-23)3-5-22(6-4-19)17(24)15-12-26-9-10-27-15/h11-12H,3-10,13H2,1-2H3. The number of rotatable bonds is 2. The van der Waals surface area contributed by atoms with E-state index in [4.69, 9.17) is 14.2 Å². The third-order valence-corrected chi connectivity index (χ3v) is 5.68. The Morgan fingerprint density at radius 1 is 1.07 bits per heavy atom. The maximum Gasteiger partial charge on any atom is 0.292 e. The zero-order valence-corrected chi connectivity index (χ0v) is 16.3. The van der Waals surface area contributed by atoms with E-state index >= 15 is 0 Å². The van der Waals surface area contributed by atoms with Gasteiger partial charge in [-0.05, 0) is 25.3 Å². The Labute approximate surface area is 163 Å². The quantitative estimate of drug-likeness (QED) is 0.729. The molecule has 0 N–H and O–H groups in total. The van der Waals surface area contributed by atoms with E-state index in [-0.39, 0.29) is 17.6 Å². The Balaban J connectivity index is 1.40. The van der Waals surface area contributed by atoms with Crippen LogP contribution in [0.1, 0.15) is 28.9 Å². The van der Waals surface area contributed by atoms with Crippen LogP contribution in [0, 0.1) is 6.92 Å². The number of nitrogens with zero attached hydrogens (tertiary/aromatic N) is 4. The molecule has 0 aromatic carbocycles. The van der Waals surface area contributed by atoms with Crippen molar-refractivity contribution in [1.82, 2.24) is 19.6 Å². The van der Waals surface area contributed by atoms with E-state index in [2.05, 4.69) is 5.10 Å². The van der Waals surface area contributed by atoms with Crippen molar-refractivity contribution < 1.29 is 23.8 Å². The molecule has 9 heteroatoms. The third kappa shape index (κ3) is 3.46. The number of carbonyl (C=O) groups excluding carboxylic acids is 2. The molecular formula is C19H26N4O5. The van der Waals surface area contributed by atoms with Gasteiger partial charge < -0.3 is 24.0 Å². The summed E-state index contributed by atoms with van der Waals surface area (Å²) >= 11 is 0. The molecule has 0 radical (unpaired) electrons. The smallest absolute Gasteiger partial charge is 0.292 e. The highest BCUT2D eigenvalue weighted by Crippen LogP contribution is 2.31. The van der Waals surface area contributed by atoms with Gasteiger partial charge >= 0.3 is 0 Å². The zero-order chi connectivity index (χ0) is 19.7. The maximum atomic E-state index is 13.0. The molecule has 3 aliphatic rings. The van der Waals surface area contributed by atoms with E-state index in [0.29, 0.717) is 64.5 Å². The summed E-state index contributed by atoms with van der Waals surface area (Å²) < 4.78 is 18.3. The lowest BCUT2D eigenvalue weighted by Crippen LogP contribution is -2.58. The lowest BCUT2D eigenvalue weighted by Gasteiger charge is -2.47. The number of carbonyl (C=O) groups is 2. The maximum absolute atomic E-state index is 13.0. The number of likely N-dealkylation sites (tertiary alicyclic amines) is 1. The van der Waals surface area contributed by atoms with Crippen molar-refractivity contribution in [3.8, 4) is 0 Å². The summed E-state index contributed by atoms with van der Waals surface area (Å²) in [5.41, 5.74) is 1.08. The van der Waals surface area contributed by atoms with Gasteiger partial charge in [0.1, 0.15) is 25.2 Å². The SMILES string of the molecule is Cc1cnn(C)c1C(=O)N1CCOC2(CCN(C(=O)C3=COCCO3)CC2)C1. The van der Waals surface area contributed by atoms with Crippen LogP contribution >= 0.6 is 0 Å². The fourth-order valence-corrected chi connectivity index (χ4v) is 4.08. The summed E-state index contributed by atoms with van der Waals surface area (Å²) in [6.07, 6.45) is 4.46. The first-order valence-electron chi connectivity index (χ1n) is 9.65. The first-order valence-corrected chi connectivity index (χ1v) is 9.65. The largest absolute Gasteiger partial charge is 0.494 e. The fraction of sp³-hybridized carbons (Fsp3) is 0.632. The van der Waals surface area contributed by atoms with Crippen molar-refractivity contribution in [2.75, 3.05) is 46.0 Å². The van der Waals surface area contributed by atoms with E-state index in [1.54, 1.807) is 22.8 Å². The number of amides is 2. The minimum Gasteiger partial charge on any atom is -0.494 e. The molecular weight excluding hydrogens is 364 g/mol. The Kier molecular flexibility index (Phi) is 5.01. The highest BCUT2D eigenvalue weighted by atomic mass is 16.6. The van der Waals surface area contributed by atoms with Gasteiger partial charge in [-0.3, -0.25) is 14.3 Å². The highest BCUT2D eigenvalue weighted by Gasteiger charge is 2.43.